The minimum Gasteiger partial charge on any atom is -0.396 e. The number of hydrogen-bond acceptors (Lipinski definition) is 3. The molecular weight excluding hydrogens is 170 g/mol. The molecule has 1 heterocycles. The lowest BCUT2D eigenvalue weighted by molar-refractivity contribution is -0.123. The summed E-state index contributed by atoms with van der Waals surface area (Å²) in [5.41, 5.74) is 0. The van der Waals surface area contributed by atoms with Gasteiger partial charge in [-0.2, -0.15) is 0 Å². The zero-order valence-corrected chi connectivity index (χ0v) is 7.70. The maximum absolute atomic E-state index is 11.0. The van der Waals surface area contributed by atoms with Crippen molar-refractivity contribution in [3.63, 3.8) is 0 Å². The highest BCUT2D eigenvalue weighted by atomic mass is 16.3. The van der Waals surface area contributed by atoms with E-state index in [1.165, 1.54) is 0 Å². The third-order valence-electron chi connectivity index (χ3n) is 2.34. The highest BCUT2D eigenvalue weighted by Gasteiger charge is 2.20. The molecule has 0 spiro atoms. The van der Waals surface area contributed by atoms with E-state index in [1.807, 2.05) is 0 Å². The lowest BCUT2D eigenvalue weighted by Gasteiger charge is -2.25. The van der Waals surface area contributed by atoms with Gasteiger partial charge in [-0.05, 0) is 25.7 Å². The molecule has 0 aromatic rings. The van der Waals surface area contributed by atoms with Crippen LogP contribution in [0.15, 0.2) is 0 Å². The van der Waals surface area contributed by atoms with Gasteiger partial charge in [-0.15, -0.1) is 0 Å². The first-order valence-electron chi connectivity index (χ1n) is 4.80. The summed E-state index contributed by atoms with van der Waals surface area (Å²) < 4.78 is 0. The maximum Gasteiger partial charge on any atom is 0.220 e. The average Bonchev–Trinajstić information content (AvgIpc) is 2.04. The van der Waals surface area contributed by atoms with E-state index < -0.39 is 6.10 Å². The predicted octanol–water partition coefficient (Wildman–Crippen LogP) is -0.212. The minimum absolute atomic E-state index is 0.00182. The Morgan fingerprint density at radius 2 is 2.38 bits per heavy atom. The Balaban J connectivity index is 2.23. The van der Waals surface area contributed by atoms with Gasteiger partial charge >= 0.3 is 0 Å². The molecule has 13 heavy (non-hydrogen) atoms. The first-order valence-corrected chi connectivity index (χ1v) is 4.80. The van der Waals surface area contributed by atoms with Gasteiger partial charge in [0.2, 0.25) is 5.91 Å². The molecule has 2 atom stereocenters. The van der Waals surface area contributed by atoms with Gasteiger partial charge in [0.15, 0.2) is 0 Å². The molecule has 1 aliphatic heterocycles. The fourth-order valence-electron chi connectivity index (χ4n) is 1.65. The van der Waals surface area contributed by atoms with E-state index >= 15 is 0 Å². The van der Waals surface area contributed by atoms with E-state index in [0.29, 0.717) is 19.3 Å². The van der Waals surface area contributed by atoms with E-state index in [-0.39, 0.29) is 18.6 Å². The summed E-state index contributed by atoms with van der Waals surface area (Å²) in [5, 5.41) is 20.8. The van der Waals surface area contributed by atoms with Gasteiger partial charge in [0, 0.05) is 19.1 Å². The highest BCUT2D eigenvalue weighted by molar-refractivity contribution is 5.76. The van der Waals surface area contributed by atoms with Crippen molar-refractivity contribution in [2.75, 3.05) is 6.61 Å². The minimum atomic E-state index is -0.492. The molecule has 0 unspecified atom stereocenters. The average molecular weight is 187 g/mol. The molecule has 0 saturated carbocycles. The quantitative estimate of drug-likeness (QED) is 0.570. The summed E-state index contributed by atoms with van der Waals surface area (Å²) in [5.74, 6) is 0.0763. The van der Waals surface area contributed by atoms with Crippen molar-refractivity contribution >= 4 is 5.91 Å². The monoisotopic (exact) mass is 187 g/mol. The zero-order chi connectivity index (χ0) is 9.68. The number of rotatable bonds is 4. The van der Waals surface area contributed by atoms with Crippen LogP contribution in [-0.2, 0) is 4.79 Å². The van der Waals surface area contributed by atoms with Crippen LogP contribution in [0.2, 0.25) is 0 Å². The van der Waals surface area contributed by atoms with Gasteiger partial charge in [0.05, 0.1) is 6.10 Å². The molecule has 0 aliphatic carbocycles. The van der Waals surface area contributed by atoms with Crippen molar-refractivity contribution in [2.45, 2.75) is 44.2 Å². The molecule has 1 aliphatic rings. The lowest BCUT2D eigenvalue weighted by atomic mass is 9.98. The van der Waals surface area contributed by atoms with Crippen LogP contribution < -0.4 is 5.32 Å². The number of nitrogens with one attached hydrogen (secondary N) is 1. The summed E-state index contributed by atoms with van der Waals surface area (Å²) in [6, 6.07) is 0.0998. The van der Waals surface area contributed by atoms with Gasteiger partial charge in [-0.25, -0.2) is 0 Å². The molecule has 1 fully saturated rings. The van der Waals surface area contributed by atoms with Gasteiger partial charge in [-0.1, -0.05) is 0 Å². The number of aliphatic hydroxyl groups excluding tert-OH is 2. The second kappa shape index (κ2) is 5.19. The Hall–Kier alpha value is -0.610. The van der Waals surface area contributed by atoms with Crippen molar-refractivity contribution < 1.29 is 15.0 Å². The van der Waals surface area contributed by atoms with Crippen molar-refractivity contribution in [3.8, 4) is 0 Å². The molecule has 0 aromatic heterocycles. The Morgan fingerprint density at radius 1 is 1.62 bits per heavy atom. The van der Waals surface area contributed by atoms with Crippen LogP contribution in [0.5, 0.6) is 0 Å². The molecule has 0 bridgehead atoms. The number of carbonyl (C=O) groups is 1. The molecular formula is C9H17NO3. The molecule has 0 radical (unpaired) electrons. The van der Waals surface area contributed by atoms with Crippen molar-refractivity contribution in [1.29, 1.82) is 0 Å². The number of hydrogen-bond donors (Lipinski definition) is 3. The molecule has 4 nitrogen and oxygen atoms in total. The molecule has 76 valence electrons. The molecule has 1 saturated heterocycles. The van der Waals surface area contributed by atoms with Crippen molar-refractivity contribution in [1.82, 2.24) is 5.32 Å². The number of aliphatic hydroxyl groups is 2. The smallest absolute Gasteiger partial charge is 0.220 e. The van der Waals surface area contributed by atoms with Crippen LogP contribution in [0.3, 0.4) is 0 Å². The van der Waals surface area contributed by atoms with E-state index in [9.17, 15) is 9.90 Å². The molecule has 4 heteroatoms. The summed E-state index contributed by atoms with van der Waals surface area (Å²) >= 11 is 0. The fourth-order valence-corrected chi connectivity index (χ4v) is 1.65. The van der Waals surface area contributed by atoms with Crippen LogP contribution in [-0.4, -0.2) is 34.9 Å². The van der Waals surface area contributed by atoms with E-state index in [2.05, 4.69) is 5.32 Å². The third kappa shape index (κ3) is 3.74. The number of carbonyl (C=O) groups excluding carboxylic acids is 1. The summed E-state index contributed by atoms with van der Waals surface area (Å²) in [7, 11) is 0. The third-order valence-corrected chi connectivity index (χ3v) is 2.34. The van der Waals surface area contributed by atoms with Gasteiger partial charge in [0.1, 0.15) is 0 Å². The van der Waals surface area contributed by atoms with Crippen molar-refractivity contribution in [3.05, 3.63) is 0 Å². The van der Waals surface area contributed by atoms with E-state index in [1.54, 1.807) is 0 Å². The molecule has 1 amide bonds. The largest absolute Gasteiger partial charge is 0.396 e. The van der Waals surface area contributed by atoms with Gasteiger partial charge in [-0.3, -0.25) is 4.79 Å². The molecule has 1 rings (SSSR count). The second-order valence-corrected chi connectivity index (χ2v) is 3.56. The fraction of sp³-hybridized carbons (Fsp3) is 0.889. The van der Waals surface area contributed by atoms with E-state index in [4.69, 9.17) is 5.11 Å². The van der Waals surface area contributed by atoms with E-state index in [0.717, 1.165) is 12.8 Å². The SMILES string of the molecule is O=C1CCC[C@H](C[C@H](O)CCO)N1. The Kier molecular flexibility index (Phi) is 4.18. The topological polar surface area (TPSA) is 69.6 Å². The van der Waals surface area contributed by atoms with Crippen LogP contribution in [0.4, 0.5) is 0 Å². The first kappa shape index (κ1) is 10.5. The summed E-state index contributed by atoms with van der Waals surface area (Å²) in [6.07, 6.45) is 2.91. The Morgan fingerprint density at radius 3 is 3.00 bits per heavy atom. The second-order valence-electron chi connectivity index (χ2n) is 3.56. The van der Waals surface area contributed by atoms with Crippen LogP contribution in [0.1, 0.15) is 32.1 Å². The normalized spacial score (nSPS) is 25.4. The molecule has 3 N–H and O–H groups in total. The van der Waals surface area contributed by atoms with Crippen LogP contribution in [0, 0.1) is 0 Å². The Bertz CT molecular complexity index is 172. The standard InChI is InChI=1S/C9H17NO3/c11-5-4-8(12)6-7-2-1-3-9(13)10-7/h7-8,11-12H,1-6H2,(H,10,13)/t7-,8-/m1/s1. The predicted molar refractivity (Wildman–Crippen MR) is 48.1 cm³/mol. The van der Waals surface area contributed by atoms with Gasteiger partial charge < -0.3 is 15.5 Å². The summed E-state index contributed by atoms with van der Waals surface area (Å²) in [6.45, 7) is 0.00182. The number of piperidine rings is 1. The highest BCUT2D eigenvalue weighted by Crippen LogP contribution is 2.13. The Labute approximate surface area is 78.0 Å². The maximum atomic E-state index is 11.0. The molecule has 0 aromatic carbocycles. The zero-order valence-electron chi connectivity index (χ0n) is 7.70. The van der Waals surface area contributed by atoms with Gasteiger partial charge in [0.25, 0.3) is 0 Å². The first-order chi connectivity index (χ1) is 6.22. The summed E-state index contributed by atoms with van der Waals surface area (Å²) in [4.78, 5) is 11.0. The lowest BCUT2D eigenvalue weighted by Crippen LogP contribution is -2.40. The van der Waals surface area contributed by atoms with Crippen molar-refractivity contribution in [2.24, 2.45) is 0 Å². The number of amides is 1. The van der Waals surface area contributed by atoms with Crippen LogP contribution >= 0.6 is 0 Å². The van der Waals surface area contributed by atoms with Crippen LogP contribution in [0.25, 0.3) is 0 Å².